The summed E-state index contributed by atoms with van der Waals surface area (Å²) < 4.78 is 13.0. The summed E-state index contributed by atoms with van der Waals surface area (Å²) in [6.45, 7) is 0.226. The van der Waals surface area contributed by atoms with Gasteiger partial charge in [0, 0.05) is 24.6 Å². The van der Waals surface area contributed by atoms with E-state index in [4.69, 9.17) is 0 Å². The van der Waals surface area contributed by atoms with Gasteiger partial charge in [0.25, 0.3) is 0 Å². The normalized spacial score (nSPS) is 35.9. The number of hydrogen-bond acceptors (Lipinski definition) is 2. The van der Waals surface area contributed by atoms with Crippen molar-refractivity contribution in [2.45, 2.75) is 37.3 Å². The highest BCUT2D eigenvalue weighted by Gasteiger charge is 2.45. The Morgan fingerprint density at radius 1 is 1.28 bits per heavy atom. The molecule has 98 valence electrons. The molecule has 1 aromatic carbocycles. The average molecular weight is 249 g/mol. The minimum atomic E-state index is -0.185. The molecule has 2 saturated heterocycles. The molecule has 4 atom stereocenters. The van der Waals surface area contributed by atoms with E-state index in [2.05, 4.69) is 11.9 Å². The molecule has 1 unspecified atom stereocenters. The van der Waals surface area contributed by atoms with Crippen molar-refractivity contribution in [3.63, 3.8) is 0 Å². The highest BCUT2D eigenvalue weighted by Crippen LogP contribution is 2.45. The summed E-state index contributed by atoms with van der Waals surface area (Å²) in [6.07, 6.45) is 3.50. The van der Waals surface area contributed by atoms with Crippen molar-refractivity contribution in [1.29, 1.82) is 0 Å². The van der Waals surface area contributed by atoms with Gasteiger partial charge in [-0.3, -0.25) is 0 Å². The van der Waals surface area contributed by atoms with Crippen molar-refractivity contribution in [2.75, 3.05) is 13.7 Å². The zero-order valence-electron chi connectivity index (χ0n) is 10.7. The fourth-order valence-electron chi connectivity index (χ4n) is 3.92. The van der Waals surface area contributed by atoms with Gasteiger partial charge in [0.2, 0.25) is 0 Å². The van der Waals surface area contributed by atoms with Crippen LogP contribution in [0.5, 0.6) is 0 Å². The van der Waals surface area contributed by atoms with Gasteiger partial charge < -0.3 is 10.0 Å². The lowest BCUT2D eigenvalue weighted by Gasteiger charge is -2.42. The average Bonchev–Trinajstić information content (AvgIpc) is 2.63. The third-order valence-electron chi connectivity index (χ3n) is 4.94. The summed E-state index contributed by atoms with van der Waals surface area (Å²) in [6, 6.07) is 7.95. The van der Waals surface area contributed by atoms with Crippen LogP contribution < -0.4 is 0 Å². The number of benzene rings is 1. The van der Waals surface area contributed by atoms with Crippen LogP contribution in [-0.4, -0.2) is 35.7 Å². The van der Waals surface area contributed by atoms with Crippen molar-refractivity contribution in [3.05, 3.63) is 35.6 Å². The molecule has 2 heterocycles. The molecule has 2 bridgehead atoms. The first-order valence-corrected chi connectivity index (χ1v) is 6.79. The van der Waals surface area contributed by atoms with E-state index in [1.807, 2.05) is 12.1 Å². The van der Waals surface area contributed by atoms with Crippen LogP contribution in [0.25, 0.3) is 0 Å². The van der Waals surface area contributed by atoms with Gasteiger partial charge in [0.1, 0.15) is 5.82 Å². The van der Waals surface area contributed by atoms with E-state index in [0.717, 1.165) is 6.42 Å². The highest BCUT2D eigenvalue weighted by atomic mass is 19.1. The molecule has 1 N–H and O–H groups in total. The topological polar surface area (TPSA) is 23.5 Å². The molecule has 0 aliphatic carbocycles. The van der Waals surface area contributed by atoms with Gasteiger partial charge in [-0.25, -0.2) is 4.39 Å². The number of hydrogen-bond donors (Lipinski definition) is 1. The van der Waals surface area contributed by atoms with Gasteiger partial charge in [-0.2, -0.15) is 0 Å². The van der Waals surface area contributed by atoms with Crippen LogP contribution in [0.3, 0.4) is 0 Å². The molecule has 0 radical (unpaired) electrons. The molecule has 2 nitrogen and oxygen atoms in total. The number of halogens is 1. The summed E-state index contributed by atoms with van der Waals surface area (Å²) in [5, 5.41) is 9.71. The first-order valence-electron chi connectivity index (χ1n) is 6.79. The molecule has 1 aromatic rings. The molecule has 2 fully saturated rings. The maximum atomic E-state index is 13.0. The van der Waals surface area contributed by atoms with E-state index in [1.165, 1.54) is 30.5 Å². The van der Waals surface area contributed by atoms with Gasteiger partial charge in [-0.1, -0.05) is 12.1 Å². The lowest BCUT2D eigenvalue weighted by Crippen LogP contribution is -2.47. The minimum Gasteiger partial charge on any atom is -0.396 e. The number of nitrogens with zero attached hydrogens (tertiary/aromatic N) is 1. The second-order valence-electron chi connectivity index (χ2n) is 5.70. The minimum absolute atomic E-state index is 0.185. The van der Waals surface area contributed by atoms with E-state index >= 15 is 0 Å². The Bertz CT molecular complexity index is 419. The Kier molecular flexibility index (Phi) is 3.12. The first kappa shape index (κ1) is 12.1. The molecule has 18 heavy (non-hydrogen) atoms. The standard InChI is InChI=1S/C15H20FNO/c1-17-12-6-7-15(17)14(9-18)13(8-12)10-2-4-11(16)5-3-10/h2-5,12-15,18H,6-9H2,1H3/t12?,13-,14+,15-/m1/s1. The summed E-state index contributed by atoms with van der Waals surface area (Å²) in [4.78, 5) is 2.43. The Labute approximate surface area is 107 Å². The Balaban J connectivity index is 1.89. The number of aliphatic hydroxyl groups is 1. The van der Waals surface area contributed by atoms with Crippen LogP contribution in [0.1, 0.15) is 30.7 Å². The molecule has 2 aliphatic heterocycles. The van der Waals surface area contributed by atoms with Gasteiger partial charge in [0.05, 0.1) is 0 Å². The van der Waals surface area contributed by atoms with Crippen molar-refractivity contribution < 1.29 is 9.50 Å². The molecule has 3 rings (SSSR count). The Morgan fingerprint density at radius 3 is 2.67 bits per heavy atom. The molecular formula is C15H20FNO. The SMILES string of the molecule is CN1C2CC[C@@H]1[C@@H](CO)[C@@H](c1ccc(F)cc1)C2. The van der Waals surface area contributed by atoms with E-state index in [1.54, 1.807) is 0 Å². The lowest BCUT2D eigenvalue weighted by atomic mass is 9.76. The van der Waals surface area contributed by atoms with Crippen molar-refractivity contribution in [3.8, 4) is 0 Å². The molecule has 0 aromatic heterocycles. The molecule has 0 amide bonds. The second-order valence-corrected chi connectivity index (χ2v) is 5.70. The van der Waals surface area contributed by atoms with Crippen molar-refractivity contribution >= 4 is 0 Å². The van der Waals surface area contributed by atoms with E-state index in [-0.39, 0.29) is 12.4 Å². The van der Waals surface area contributed by atoms with E-state index in [0.29, 0.717) is 23.9 Å². The predicted molar refractivity (Wildman–Crippen MR) is 68.9 cm³/mol. The maximum absolute atomic E-state index is 13.0. The Morgan fingerprint density at radius 2 is 2.00 bits per heavy atom. The van der Waals surface area contributed by atoms with E-state index < -0.39 is 0 Å². The predicted octanol–water partition coefficient (Wildman–Crippen LogP) is 2.38. The number of aliphatic hydroxyl groups excluding tert-OH is 1. The fraction of sp³-hybridized carbons (Fsp3) is 0.600. The van der Waals surface area contributed by atoms with Crippen LogP contribution in [0.15, 0.2) is 24.3 Å². The van der Waals surface area contributed by atoms with Gasteiger partial charge >= 0.3 is 0 Å². The van der Waals surface area contributed by atoms with Crippen molar-refractivity contribution in [1.82, 2.24) is 4.90 Å². The third-order valence-corrected chi connectivity index (χ3v) is 4.94. The number of fused-ring (bicyclic) bond motifs is 2. The van der Waals surface area contributed by atoms with Crippen LogP contribution >= 0.6 is 0 Å². The second kappa shape index (κ2) is 4.63. The Hall–Kier alpha value is -0.930. The van der Waals surface area contributed by atoms with E-state index in [9.17, 15) is 9.50 Å². The molecular weight excluding hydrogens is 229 g/mol. The largest absolute Gasteiger partial charge is 0.396 e. The summed E-state index contributed by atoms with van der Waals surface area (Å²) >= 11 is 0. The highest BCUT2D eigenvalue weighted by molar-refractivity contribution is 5.24. The van der Waals surface area contributed by atoms with Crippen LogP contribution in [-0.2, 0) is 0 Å². The number of rotatable bonds is 2. The molecule has 2 aliphatic rings. The van der Waals surface area contributed by atoms with Crippen LogP contribution in [0.4, 0.5) is 4.39 Å². The van der Waals surface area contributed by atoms with Crippen LogP contribution in [0.2, 0.25) is 0 Å². The van der Waals surface area contributed by atoms with Gasteiger partial charge in [0.15, 0.2) is 0 Å². The smallest absolute Gasteiger partial charge is 0.123 e. The first-order chi connectivity index (χ1) is 8.70. The summed E-state index contributed by atoms with van der Waals surface area (Å²) in [7, 11) is 2.17. The maximum Gasteiger partial charge on any atom is 0.123 e. The quantitative estimate of drug-likeness (QED) is 0.870. The molecule has 0 saturated carbocycles. The summed E-state index contributed by atoms with van der Waals surface area (Å²) in [5.74, 6) is 0.485. The van der Waals surface area contributed by atoms with Crippen LogP contribution in [0, 0.1) is 11.7 Å². The number of piperidine rings is 1. The third kappa shape index (κ3) is 1.86. The van der Waals surface area contributed by atoms with Gasteiger partial charge in [-0.05, 0) is 49.9 Å². The molecule has 0 spiro atoms. The zero-order chi connectivity index (χ0) is 12.7. The lowest BCUT2D eigenvalue weighted by molar-refractivity contribution is 0.0592. The zero-order valence-corrected chi connectivity index (χ0v) is 10.7. The fourth-order valence-corrected chi connectivity index (χ4v) is 3.92. The van der Waals surface area contributed by atoms with Gasteiger partial charge in [-0.15, -0.1) is 0 Å². The summed E-state index contributed by atoms with van der Waals surface area (Å²) in [5.41, 5.74) is 1.18. The molecule has 3 heteroatoms. The monoisotopic (exact) mass is 249 g/mol. The van der Waals surface area contributed by atoms with Crippen molar-refractivity contribution in [2.24, 2.45) is 5.92 Å².